The van der Waals surface area contributed by atoms with E-state index in [1.807, 2.05) is 52.8 Å². The summed E-state index contributed by atoms with van der Waals surface area (Å²) in [6.45, 7) is 0.621. The fourth-order valence-corrected chi connectivity index (χ4v) is 3.53. The predicted molar refractivity (Wildman–Crippen MR) is 72.0 cm³/mol. The Morgan fingerprint density at radius 2 is 1.89 bits per heavy atom. The third-order valence-electron chi connectivity index (χ3n) is 3.04. The molecule has 0 bridgehead atoms. The molecule has 0 amide bonds. The van der Waals surface area contributed by atoms with Gasteiger partial charge in [0.1, 0.15) is 5.75 Å². The van der Waals surface area contributed by atoms with E-state index in [0.717, 1.165) is 21.9 Å². The second-order valence-corrected chi connectivity index (χ2v) is 5.44. The Morgan fingerprint density at radius 3 is 2.61 bits per heavy atom. The molecule has 18 heavy (non-hydrogen) atoms. The molecule has 0 N–H and O–H groups in total. The van der Waals surface area contributed by atoms with Crippen molar-refractivity contribution in [2.45, 2.75) is 11.4 Å². The molecule has 2 aromatic carbocycles. The van der Waals surface area contributed by atoms with Gasteiger partial charge < -0.3 is 4.74 Å². The van der Waals surface area contributed by atoms with Gasteiger partial charge in [0.2, 0.25) is 0 Å². The van der Waals surface area contributed by atoms with Gasteiger partial charge >= 0.3 is 0 Å². The molecule has 0 spiro atoms. The topological polar surface area (TPSA) is 29.5 Å². The molecule has 1 atom stereocenters. The lowest BCUT2D eigenvalue weighted by Crippen LogP contribution is -2.17. The van der Waals surface area contributed by atoms with Gasteiger partial charge in [-0.1, -0.05) is 24.3 Å². The van der Waals surface area contributed by atoms with Crippen molar-refractivity contribution in [3.05, 3.63) is 54.1 Å². The van der Waals surface area contributed by atoms with Gasteiger partial charge in [0.15, 0.2) is 11.0 Å². The number of ether oxygens (including phenoxy) is 1. The Morgan fingerprint density at radius 1 is 1.11 bits per heavy atom. The van der Waals surface area contributed by atoms with Crippen LogP contribution in [-0.4, -0.2) is 11.3 Å². The van der Waals surface area contributed by atoms with Crippen LogP contribution < -0.4 is 9.04 Å². The minimum absolute atomic E-state index is 0.621. The van der Waals surface area contributed by atoms with E-state index in [1.54, 1.807) is 7.11 Å². The van der Waals surface area contributed by atoms with E-state index in [2.05, 4.69) is 0 Å². The Kier molecular flexibility index (Phi) is 2.80. The van der Waals surface area contributed by atoms with Crippen LogP contribution >= 0.6 is 0 Å². The zero-order chi connectivity index (χ0) is 12.5. The molecule has 3 rings (SSSR count). The molecule has 1 aliphatic rings. The minimum atomic E-state index is -1.15. The zero-order valence-corrected chi connectivity index (χ0v) is 10.8. The summed E-state index contributed by atoms with van der Waals surface area (Å²) < 4.78 is 19.7. The first-order valence-electron chi connectivity index (χ1n) is 5.71. The lowest BCUT2D eigenvalue weighted by Gasteiger charge is -2.15. The number of para-hydroxylation sites is 1. The molecule has 1 heterocycles. The number of rotatable bonds is 2. The van der Waals surface area contributed by atoms with Crippen LogP contribution in [0.1, 0.15) is 5.56 Å². The van der Waals surface area contributed by atoms with Crippen LogP contribution in [0.2, 0.25) is 0 Å². The molecule has 0 saturated carbocycles. The molecule has 0 fully saturated rings. The first-order valence-corrected chi connectivity index (χ1v) is 6.82. The highest BCUT2D eigenvalue weighted by molar-refractivity contribution is 7.86. The summed E-state index contributed by atoms with van der Waals surface area (Å²) in [6.07, 6.45) is 0. The molecular weight excluding hydrogens is 246 g/mol. The third-order valence-corrected chi connectivity index (χ3v) is 4.54. The number of hydrogen-bond acceptors (Lipinski definition) is 2. The van der Waals surface area contributed by atoms with Crippen molar-refractivity contribution in [3.63, 3.8) is 0 Å². The summed E-state index contributed by atoms with van der Waals surface area (Å²) in [7, 11) is 0.497. The maximum atomic E-state index is 12.4. The smallest absolute Gasteiger partial charge is 0.153 e. The summed E-state index contributed by atoms with van der Waals surface area (Å²) in [5, 5.41) is 0. The SMILES string of the molecule is COc1cccc2c1CN(c1ccccc1)S2=O. The predicted octanol–water partition coefficient (Wildman–Crippen LogP) is 2.74. The van der Waals surface area contributed by atoms with Crippen molar-refractivity contribution in [3.8, 4) is 5.75 Å². The third kappa shape index (κ3) is 1.69. The first-order chi connectivity index (χ1) is 8.81. The van der Waals surface area contributed by atoms with Crippen LogP contribution in [0.3, 0.4) is 0 Å². The highest BCUT2D eigenvalue weighted by atomic mass is 32.2. The fraction of sp³-hybridized carbons (Fsp3) is 0.143. The highest BCUT2D eigenvalue weighted by Gasteiger charge is 2.29. The maximum absolute atomic E-state index is 12.4. The molecule has 1 aliphatic heterocycles. The maximum Gasteiger partial charge on any atom is 0.153 e. The second kappa shape index (κ2) is 4.46. The average molecular weight is 259 g/mol. The number of methoxy groups -OCH3 is 1. The number of benzene rings is 2. The van der Waals surface area contributed by atoms with Gasteiger partial charge in [0, 0.05) is 11.3 Å². The summed E-state index contributed by atoms with van der Waals surface area (Å²) in [6, 6.07) is 15.5. The quantitative estimate of drug-likeness (QED) is 0.830. The van der Waals surface area contributed by atoms with Gasteiger partial charge in [0.05, 0.1) is 18.6 Å². The zero-order valence-electron chi connectivity index (χ0n) is 10.00. The molecule has 4 heteroatoms. The largest absolute Gasteiger partial charge is 0.496 e. The van der Waals surface area contributed by atoms with Gasteiger partial charge in [-0.2, -0.15) is 0 Å². The van der Waals surface area contributed by atoms with Gasteiger partial charge in [0.25, 0.3) is 0 Å². The Hall–Kier alpha value is -1.81. The normalized spacial score (nSPS) is 17.6. The summed E-state index contributed by atoms with van der Waals surface area (Å²) in [5.74, 6) is 0.805. The van der Waals surface area contributed by atoms with Crippen molar-refractivity contribution >= 4 is 16.7 Å². The number of anilines is 1. The number of nitrogens with zero attached hydrogens (tertiary/aromatic N) is 1. The first kappa shape index (κ1) is 11.3. The molecule has 0 aromatic heterocycles. The monoisotopic (exact) mass is 259 g/mol. The molecule has 1 unspecified atom stereocenters. The molecule has 0 aliphatic carbocycles. The van der Waals surface area contributed by atoms with E-state index in [0.29, 0.717) is 6.54 Å². The van der Waals surface area contributed by atoms with Gasteiger partial charge in [-0.25, -0.2) is 4.21 Å². The Balaban J connectivity index is 2.04. The lowest BCUT2D eigenvalue weighted by molar-refractivity contribution is 0.409. The van der Waals surface area contributed by atoms with Crippen molar-refractivity contribution < 1.29 is 8.95 Å². The molecule has 3 nitrogen and oxygen atoms in total. The van der Waals surface area contributed by atoms with Crippen molar-refractivity contribution in [1.29, 1.82) is 0 Å². The summed E-state index contributed by atoms with van der Waals surface area (Å²) >= 11 is 0. The number of hydrogen-bond donors (Lipinski definition) is 0. The highest BCUT2D eigenvalue weighted by Crippen LogP contribution is 2.36. The van der Waals surface area contributed by atoms with E-state index in [9.17, 15) is 4.21 Å². The van der Waals surface area contributed by atoms with E-state index in [1.165, 1.54) is 0 Å². The van der Waals surface area contributed by atoms with Crippen LogP contribution in [-0.2, 0) is 17.5 Å². The van der Waals surface area contributed by atoms with Crippen LogP contribution in [0, 0.1) is 0 Å². The lowest BCUT2D eigenvalue weighted by atomic mass is 10.2. The van der Waals surface area contributed by atoms with Crippen LogP contribution in [0.4, 0.5) is 5.69 Å². The second-order valence-electron chi connectivity index (χ2n) is 4.06. The van der Waals surface area contributed by atoms with Crippen molar-refractivity contribution in [2.24, 2.45) is 0 Å². The minimum Gasteiger partial charge on any atom is -0.496 e. The van der Waals surface area contributed by atoms with Crippen LogP contribution in [0.15, 0.2) is 53.4 Å². The van der Waals surface area contributed by atoms with E-state index in [-0.39, 0.29) is 0 Å². The Bertz CT molecular complexity index is 598. The van der Waals surface area contributed by atoms with Gasteiger partial charge in [-0.05, 0) is 24.3 Å². The van der Waals surface area contributed by atoms with Crippen LogP contribution in [0.5, 0.6) is 5.75 Å². The van der Waals surface area contributed by atoms with E-state index < -0.39 is 11.0 Å². The standard InChI is InChI=1S/C14H13NO2S/c1-17-13-8-5-9-14-12(13)10-15(18(14)16)11-6-3-2-4-7-11/h2-9H,10H2,1H3. The molecule has 0 radical (unpaired) electrons. The molecule has 92 valence electrons. The van der Waals surface area contributed by atoms with Gasteiger partial charge in [-0.3, -0.25) is 4.31 Å². The average Bonchev–Trinajstić information content (AvgIpc) is 2.77. The molecular formula is C14H13NO2S. The molecule has 2 aromatic rings. The Labute approximate surface area is 109 Å². The van der Waals surface area contributed by atoms with E-state index in [4.69, 9.17) is 4.74 Å². The van der Waals surface area contributed by atoms with Crippen LogP contribution in [0.25, 0.3) is 0 Å². The van der Waals surface area contributed by atoms with Crippen molar-refractivity contribution in [1.82, 2.24) is 0 Å². The summed E-state index contributed by atoms with van der Waals surface area (Å²) in [4.78, 5) is 0.846. The number of fused-ring (bicyclic) bond motifs is 1. The van der Waals surface area contributed by atoms with E-state index >= 15 is 0 Å². The van der Waals surface area contributed by atoms with Gasteiger partial charge in [-0.15, -0.1) is 0 Å². The molecule has 0 saturated heterocycles. The van der Waals surface area contributed by atoms with Crippen molar-refractivity contribution in [2.75, 3.05) is 11.4 Å². The fourth-order valence-electron chi connectivity index (χ4n) is 2.16. The summed E-state index contributed by atoms with van der Waals surface area (Å²) in [5.41, 5.74) is 1.98.